The predicted octanol–water partition coefficient (Wildman–Crippen LogP) is 5.38. The third kappa shape index (κ3) is 1.97. The highest BCUT2D eigenvalue weighted by Crippen LogP contribution is 2.68. The molecule has 26 heavy (non-hydrogen) atoms. The number of hydrogen-bond acceptors (Lipinski definition) is 2. The molecule has 5 aliphatic rings. The van der Waals surface area contributed by atoms with E-state index < -0.39 is 0 Å². The molecule has 5 rings (SSSR count). The van der Waals surface area contributed by atoms with Crippen LogP contribution in [-0.2, 0) is 0 Å². The van der Waals surface area contributed by atoms with Gasteiger partial charge in [0.1, 0.15) is 0 Å². The third-order valence-corrected chi connectivity index (χ3v) is 11.6. The summed E-state index contributed by atoms with van der Waals surface area (Å²) in [6.07, 6.45) is 10.2. The van der Waals surface area contributed by atoms with Gasteiger partial charge in [0, 0.05) is 25.2 Å². The topological polar surface area (TPSA) is 6.48 Å². The first-order valence-electron chi connectivity index (χ1n) is 11.6. The van der Waals surface area contributed by atoms with Crippen LogP contribution in [-0.4, -0.2) is 41.6 Å². The Bertz CT molecular complexity index is 545. The van der Waals surface area contributed by atoms with Crippen LogP contribution in [0.5, 0.6) is 0 Å². The Morgan fingerprint density at radius 1 is 0.654 bits per heavy atom. The molecule has 0 N–H and O–H groups in total. The first kappa shape index (κ1) is 18.0. The minimum absolute atomic E-state index is 0.540. The number of nitrogens with zero attached hydrogens (tertiary/aromatic N) is 2. The zero-order chi connectivity index (χ0) is 18.5. The molecular formula is C24H42N2. The summed E-state index contributed by atoms with van der Waals surface area (Å²) < 4.78 is 0. The van der Waals surface area contributed by atoms with Crippen LogP contribution in [0.1, 0.15) is 86.5 Å². The second-order valence-electron chi connectivity index (χ2n) is 12.4. The lowest BCUT2D eigenvalue weighted by Crippen LogP contribution is -2.58. The molecular weight excluding hydrogens is 316 g/mol. The van der Waals surface area contributed by atoms with Crippen molar-refractivity contribution < 1.29 is 0 Å². The van der Waals surface area contributed by atoms with Gasteiger partial charge in [0.2, 0.25) is 0 Å². The summed E-state index contributed by atoms with van der Waals surface area (Å²) in [7, 11) is 0. The Kier molecular flexibility index (Phi) is 3.66. The summed E-state index contributed by atoms with van der Waals surface area (Å²) in [5.74, 6) is 1.93. The molecule has 1 heterocycles. The maximum Gasteiger partial charge on any atom is 0.0512 e. The van der Waals surface area contributed by atoms with Gasteiger partial charge in [-0.3, -0.25) is 9.80 Å². The summed E-state index contributed by atoms with van der Waals surface area (Å²) >= 11 is 0. The lowest BCUT2D eigenvalue weighted by molar-refractivity contribution is -0.0554. The van der Waals surface area contributed by atoms with Crippen molar-refractivity contribution in [1.29, 1.82) is 0 Å². The first-order chi connectivity index (χ1) is 12.1. The average Bonchev–Trinajstić information content (AvgIpc) is 3.12. The van der Waals surface area contributed by atoms with E-state index in [1.807, 2.05) is 0 Å². The molecule has 0 aromatic heterocycles. The van der Waals surface area contributed by atoms with Crippen molar-refractivity contribution in [2.45, 2.75) is 98.6 Å². The quantitative estimate of drug-likeness (QED) is 0.654. The van der Waals surface area contributed by atoms with Gasteiger partial charge in [0.05, 0.1) is 6.67 Å². The molecule has 0 aromatic carbocycles. The SMILES string of the molecule is CC1(C)[C@@H]2CC[C@@]1(C)[C@@H](N1CCCN([C@H]3C[C@H]4CC[C@]3(C)C4(C)C)C1)C2. The fraction of sp³-hybridized carbons (Fsp3) is 1.00. The zero-order valence-corrected chi connectivity index (χ0v) is 18.3. The maximum absolute atomic E-state index is 2.94. The monoisotopic (exact) mass is 358 g/mol. The van der Waals surface area contributed by atoms with E-state index in [9.17, 15) is 0 Å². The zero-order valence-electron chi connectivity index (χ0n) is 18.3. The molecule has 0 amide bonds. The number of hydrogen-bond donors (Lipinski definition) is 0. The van der Waals surface area contributed by atoms with Crippen LogP contribution in [0.4, 0.5) is 0 Å². The van der Waals surface area contributed by atoms with Gasteiger partial charge >= 0.3 is 0 Å². The highest BCUT2D eigenvalue weighted by Gasteiger charge is 2.64. The molecule has 0 unspecified atom stereocenters. The molecule has 6 atom stereocenters. The van der Waals surface area contributed by atoms with Gasteiger partial charge in [-0.2, -0.15) is 0 Å². The Morgan fingerprint density at radius 2 is 1.08 bits per heavy atom. The fourth-order valence-electron chi connectivity index (χ4n) is 8.79. The van der Waals surface area contributed by atoms with Gasteiger partial charge in [-0.15, -0.1) is 0 Å². The molecule has 4 saturated carbocycles. The Labute approximate surface area is 162 Å². The lowest BCUT2D eigenvalue weighted by atomic mass is 9.68. The van der Waals surface area contributed by atoms with Crippen molar-refractivity contribution in [3.63, 3.8) is 0 Å². The Balaban J connectivity index is 1.36. The summed E-state index contributed by atoms with van der Waals surface area (Å²) in [4.78, 5) is 5.87. The van der Waals surface area contributed by atoms with E-state index in [2.05, 4.69) is 51.3 Å². The minimum atomic E-state index is 0.540. The standard InChI is InChI=1S/C24H42N2/c1-21(2)17-8-10-23(21,5)19(14-17)25-12-7-13-26(16-25)20-15-18-9-11-24(20,6)22(18,3)4/h17-20H,7-16H2,1-6H3/t17-,18-,19+,20+,23+,24+/m1/s1. The summed E-state index contributed by atoms with van der Waals surface area (Å²) in [5.41, 5.74) is 2.16. The van der Waals surface area contributed by atoms with Crippen molar-refractivity contribution >= 4 is 0 Å². The van der Waals surface area contributed by atoms with Gasteiger partial charge in [-0.05, 0) is 78.4 Å². The normalized spacial score (nSPS) is 52.8. The van der Waals surface area contributed by atoms with Crippen molar-refractivity contribution in [2.24, 2.45) is 33.5 Å². The molecule has 0 spiro atoms. The van der Waals surface area contributed by atoms with Gasteiger partial charge in [0.15, 0.2) is 0 Å². The Hall–Kier alpha value is -0.0800. The molecule has 1 aliphatic heterocycles. The third-order valence-electron chi connectivity index (χ3n) is 11.6. The van der Waals surface area contributed by atoms with Gasteiger partial charge in [0.25, 0.3) is 0 Å². The second kappa shape index (κ2) is 5.29. The van der Waals surface area contributed by atoms with E-state index in [0.717, 1.165) is 23.9 Å². The molecule has 4 bridgehead atoms. The van der Waals surface area contributed by atoms with Crippen LogP contribution >= 0.6 is 0 Å². The minimum Gasteiger partial charge on any atom is -0.287 e. The second-order valence-corrected chi connectivity index (χ2v) is 12.4. The maximum atomic E-state index is 2.94. The molecule has 0 radical (unpaired) electrons. The molecule has 2 nitrogen and oxygen atoms in total. The molecule has 148 valence electrons. The smallest absolute Gasteiger partial charge is 0.0512 e. The molecule has 0 aromatic rings. The van der Waals surface area contributed by atoms with E-state index in [4.69, 9.17) is 0 Å². The van der Waals surface area contributed by atoms with E-state index in [0.29, 0.717) is 21.7 Å². The largest absolute Gasteiger partial charge is 0.287 e. The van der Waals surface area contributed by atoms with E-state index >= 15 is 0 Å². The van der Waals surface area contributed by atoms with Crippen LogP contribution in [0.3, 0.4) is 0 Å². The van der Waals surface area contributed by atoms with E-state index in [1.54, 1.807) is 0 Å². The van der Waals surface area contributed by atoms with Gasteiger partial charge in [-0.1, -0.05) is 41.5 Å². The lowest BCUT2D eigenvalue weighted by Gasteiger charge is -2.52. The van der Waals surface area contributed by atoms with Gasteiger partial charge < -0.3 is 0 Å². The Morgan fingerprint density at radius 3 is 1.38 bits per heavy atom. The molecule has 2 heteroatoms. The number of fused-ring (bicyclic) bond motifs is 4. The summed E-state index contributed by atoms with van der Waals surface area (Å²) in [6.45, 7) is 19.5. The molecule has 4 aliphatic carbocycles. The van der Waals surface area contributed by atoms with Crippen LogP contribution in [0.15, 0.2) is 0 Å². The average molecular weight is 359 g/mol. The number of rotatable bonds is 2. The van der Waals surface area contributed by atoms with Gasteiger partial charge in [-0.25, -0.2) is 0 Å². The molecule has 5 fully saturated rings. The van der Waals surface area contributed by atoms with Crippen LogP contribution in [0.2, 0.25) is 0 Å². The summed E-state index contributed by atoms with van der Waals surface area (Å²) in [5, 5.41) is 0. The van der Waals surface area contributed by atoms with Crippen molar-refractivity contribution in [2.75, 3.05) is 19.8 Å². The van der Waals surface area contributed by atoms with Crippen LogP contribution < -0.4 is 0 Å². The van der Waals surface area contributed by atoms with E-state index in [-0.39, 0.29) is 0 Å². The predicted molar refractivity (Wildman–Crippen MR) is 109 cm³/mol. The summed E-state index contributed by atoms with van der Waals surface area (Å²) in [6, 6.07) is 1.66. The van der Waals surface area contributed by atoms with Crippen LogP contribution in [0, 0.1) is 33.5 Å². The van der Waals surface area contributed by atoms with Crippen molar-refractivity contribution in [3.05, 3.63) is 0 Å². The molecule has 1 saturated heterocycles. The highest BCUT2D eigenvalue weighted by molar-refractivity contribution is 5.16. The van der Waals surface area contributed by atoms with Crippen molar-refractivity contribution in [1.82, 2.24) is 9.80 Å². The fourth-order valence-corrected chi connectivity index (χ4v) is 8.79. The first-order valence-corrected chi connectivity index (χ1v) is 11.6. The van der Waals surface area contributed by atoms with Crippen LogP contribution in [0.25, 0.3) is 0 Å². The van der Waals surface area contributed by atoms with Crippen molar-refractivity contribution in [3.8, 4) is 0 Å². The van der Waals surface area contributed by atoms with E-state index in [1.165, 1.54) is 64.7 Å². The highest BCUT2D eigenvalue weighted by atomic mass is 15.4.